The topological polar surface area (TPSA) is 46.3 Å². The molecule has 0 spiro atoms. The minimum absolute atomic E-state index is 0.236. The fraction of sp³-hybridized carbons (Fsp3) is 0. The molecule has 0 radical (unpaired) electrons. The van der Waals surface area contributed by atoms with Crippen molar-refractivity contribution in [1.29, 1.82) is 0 Å². The molecule has 2 aromatic heterocycles. The van der Waals surface area contributed by atoms with Crippen LogP contribution in [0.25, 0.3) is 21.9 Å². The molecule has 134 valence electrons. The molecular weight excluding hydrogens is 348 g/mol. The zero-order valence-corrected chi connectivity index (χ0v) is 14.9. The maximum atomic E-state index is 13.6. The van der Waals surface area contributed by atoms with E-state index in [4.69, 9.17) is 4.42 Å². The van der Waals surface area contributed by atoms with E-state index in [-0.39, 0.29) is 11.7 Å². The second kappa shape index (κ2) is 6.67. The number of aromatic nitrogens is 1. The van der Waals surface area contributed by atoms with Crippen LogP contribution in [0, 0.1) is 0 Å². The normalized spacial score (nSPS) is 11.0. The maximum Gasteiger partial charge on any atom is 0.298 e. The second-order valence-corrected chi connectivity index (χ2v) is 6.48. The predicted octanol–water partition coefficient (Wildman–Crippen LogP) is 5.96. The number of hydrogen-bond donors (Lipinski definition) is 0. The Morgan fingerprint density at radius 1 is 0.786 bits per heavy atom. The van der Waals surface area contributed by atoms with Crippen LogP contribution in [0.5, 0.6) is 0 Å². The molecule has 4 heteroatoms. The average Bonchev–Trinajstić information content (AvgIpc) is 3.19. The molecule has 4 nitrogen and oxygen atoms in total. The van der Waals surface area contributed by atoms with E-state index in [0.717, 1.165) is 27.7 Å². The molecule has 0 aliphatic heterocycles. The fourth-order valence-electron chi connectivity index (χ4n) is 3.41. The van der Waals surface area contributed by atoms with Crippen molar-refractivity contribution in [2.45, 2.75) is 0 Å². The summed E-state index contributed by atoms with van der Waals surface area (Å²) in [6.45, 7) is 0. The van der Waals surface area contributed by atoms with Gasteiger partial charge in [-0.1, -0.05) is 54.6 Å². The lowest BCUT2D eigenvalue weighted by atomic mass is 10.1. The van der Waals surface area contributed by atoms with E-state index in [1.165, 1.54) is 0 Å². The first-order chi connectivity index (χ1) is 13.8. The van der Waals surface area contributed by atoms with Gasteiger partial charge in [0.25, 0.3) is 5.91 Å². The van der Waals surface area contributed by atoms with Crippen LogP contribution in [0.15, 0.2) is 102 Å². The second-order valence-electron chi connectivity index (χ2n) is 6.48. The number of anilines is 2. The number of carbonyl (C=O) groups is 1. The number of nitrogens with zero attached hydrogens (tertiary/aromatic N) is 2. The van der Waals surface area contributed by atoms with Gasteiger partial charge in [0, 0.05) is 22.7 Å². The zero-order valence-electron chi connectivity index (χ0n) is 14.9. The maximum absolute atomic E-state index is 13.6. The first-order valence-corrected chi connectivity index (χ1v) is 9.03. The van der Waals surface area contributed by atoms with Crippen LogP contribution in [0.3, 0.4) is 0 Å². The van der Waals surface area contributed by atoms with E-state index in [1.54, 1.807) is 17.2 Å². The number of pyridine rings is 1. The van der Waals surface area contributed by atoms with E-state index in [2.05, 4.69) is 4.98 Å². The van der Waals surface area contributed by atoms with Crippen LogP contribution >= 0.6 is 0 Å². The molecule has 5 rings (SSSR count). The van der Waals surface area contributed by atoms with E-state index in [9.17, 15) is 4.79 Å². The van der Waals surface area contributed by atoms with E-state index >= 15 is 0 Å². The fourth-order valence-corrected chi connectivity index (χ4v) is 3.41. The van der Waals surface area contributed by atoms with Crippen molar-refractivity contribution >= 4 is 39.2 Å². The molecule has 0 aliphatic carbocycles. The predicted molar refractivity (Wildman–Crippen MR) is 111 cm³/mol. The van der Waals surface area contributed by atoms with Crippen LogP contribution in [-0.4, -0.2) is 10.9 Å². The highest BCUT2D eigenvalue weighted by molar-refractivity contribution is 6.14. The molecule has 0 bridgehead atoms. The average molecular weight is 364 g/mol. The van der Waals surface area contributed by atoms with Crippen LogP contribution in [0.4, 0.5) is 11.4 Å². The standard InChI is InChI=1S/C24H16N2O2/c27-24(22-16-18-8-4-5-14-21(18)28-22)26(19-11-2-1-3-12-19)20-13-6-9-17-10-7-15-25-23(17)20/h1-16H. The number of fused-ring (bicyclic) bond motifs is 2. The summed E-state index contributed by atoms with van der Waals surface area (Å²) in [5, 5.41) is 1.87. The van der Waals surface area contributed by atoms with Gasteiger partial charge in [-0.15, -0.1) is 0 Å². The Bertz CT molecular complexity index is 1250. The summed E-state index contributed by atoms with van der Waals surface area (Å²) in [4.78, 5) is 19.7. The smallest absolute Gasteiger partial charge is 0.298 e. The lowest BCUT2D eigenvalue weighted by Crippen LogP contribution is -2.25. The first kappa shape index (κ1) is 16.3. The molecule has 0 saturated carbocycles. The molecule has 0 fully saturated rings. The molecule has 5 aromatic rings. The number of furan rings is 1. The number of rotatable bonds is 3. The van der Waals surface area contributed by atoms with Gasteiger partial charge in [0.15, 0.2) is 5.76 Å². The summed E-state index contributed by atoms with van der Waals surface area (Å²) in [5.41, 5.74) is 2.93. The van der Waals surface area contributed by atoms with Crippen molar-refractivity contribution in [3.63, 3.8) is 0 Å². The molecule has 3 aromatic carbocycles. The van der Waals surface area contributed by atoms with E-state index in [1.807, 2.05) is 84.9 Å². The highest BCUT2D eigenvalue weighted by Gasteiger charge is 2.25. The summed E-state index contributed by atoms with van der Waals surface area (Å²) < 4.78 is 5.85. The summed E-state index contributed by atoms with van der Waals surface area (Å²) in [6.07, 6.45) is 1.74. The largest absolute Gasteiger partial charge is 0.451 e. The van der Waals surface area contributed by atoms with Gasteiger partial charge in [-0.25, -0.2) is 0 Å². The van der Waals surface area contributed by atoms with Gasteiger partial charge in [0.1, 0.15) is 5.58 Å². The summed E-state index contributed by atoms with van der Waals surface area (Å²) in [5.74, 6) is 0.0542. The van der Waals surface area contributed by atoms with Gasteiger partial charge < -0.3 is 4.42 Å². The minimum Gasteiger partial charge on any atom is -0.451 e. The van der Waals surface area contributed by atoms with Crippen molar-refractivity contribution in [3.8, 4) is 0 Å². The van der Waals surface area contributed by atoms with Crippen LogP contribution in [0.1, 0.15) is 10.6 Å². The van der Waals surface area contributed by atoms with Gasteiger partial charge in [-0.3, -0.25) is 14.7 Å². The molecule has 0 aliphatic rings. The highest BCUT2D eigenvalue weighted by Crippen LogP contribution is 2.33. The summed E-state index contributed by atoms with van der Waals surface area (Å²) in [7, 11) is 0. The van der Waals surface area contributed by atoms with Gasteiger partial charge in [-0.05, 0) is 36.4 Å². The van der Waals surface area contributed by atoms with Crippen LogP contribution < -0.4 is 4.90 Å². The monoisotopic (exact) mass is 364 g/mol. The molecule has 0 saturated heterocycles. The SMILES string of the molecule is O=C(c1cc2ccccc2o1)N(c1ccccc1)c1cccc2cccnc12. The lowest BCUT2D eigenvalue weighted by Gasteiger charge is -2.23. The third kappa shape index (κ3) is 2.72. The number of amides is 1. The number of carbonyl (C=O) groups excluding carboxylic acids is 1. The van der Waals surface area contributed by atoms with Gasteiger partial charge in [0.2, 0.25) is 0 Å². The number of benzene rings is 3. The molecule has 0 unspecified atom stereocenters. The van der Waals surface area contributed by atoms with E-state index < -0.39 is 0 Å². The Balaban J connectivity index is 1.71. The van der Waals surface area contributed by atoms with Gasteiger partial charge >= 0.3 is 0 Å². The van der Waals surface area contributed by atoms with Crippen molar-refractivity contribution in [3.05, 3.63) is 103 Å². The molecule has 2 heterocycles. The van der Waals surface area contributed by atoms with E-state index in [0.29, 0.717) is 5.58 Å². The third-order valence-corrected chi connectivity index (χ3v) is 4.71. The van der Waals surface area contributed by atoms with Crippen molar-refractivity contribution in [2.75, 3.05) is 4.90 Å². The molecule has 0 atom stereocenters. The van der Waals surface area contributed by atoms with Crippen molar-refractivity contribution in [2.24, 2.45) is 0 Å². The van der Waals surface area contributed by atoms with Gasteiger partial charge in [-0.2, -0.15) is 0 Å². The van der Waals surface area contributed by atoms with Gasteiger partial charge in [0.05, 0.1) is 11.2 Å². The van der Waals surface area contributed by atoms with Crippen LogP contribution in [0.2, 0.25) is 0 Å². The Hall–Kier alpha value is -3.92. The molecule has 1 amide bonds. The lowest BCUT2D eigenvalue weighted by molar-refractivity contribution is 0.0975. The van der Waals surface area contributed by atoms with Crippen molar-refractivity contribution < 1.29 is 9.21 Å². The number of para-hydroxylation sites is 3. The van der Waals surface area contributed by atoms with Crippen LogP contribution in [-0.2, 0) is 0 Å². The Labute approximate surface area is 161 Å². The minimum atomic E-state index is -0.236. The highest BCUT2D eigenvalue weighted by atomic mass is 16.3. The zero-order chi connectivity index (χ0) is 18.9. The summed E-state index contributed by atoms with van der Waals surface area (Å²) in [6, 6.07) is 28.6. The first-order valence-electron chi connectivity index (χ1n) is 9.03. The molecule has 28 heavy (non-hydrogen) atoms. The Morgan fingerprint density at radius 2 is 1.54 bits per heavy atom. The molecular formula is C24H16N2O2. The van der Waals surface area contributed by atoms with Crippen molar-refractivity contribution in [1.82, 2.24) is 4.98 Å². The summed E-state index contributed by atoms with van der Waals surface area (Å²) >= 11 is 0. The Kier molecular flexibility index (Phi) is 3.87. The quantitative estimate of drug-likeness (QED) is 0.397. The third-order valence-electron chi connectivity index (χ3n) is 4.71. The Morgan fingerprint density at radius 3 is 2.39 bits per heavy atom. The molecule has 0 N–H and O–H groups in total. The number of hydrogen-bond acceptors (Lipinski definition) is 3.